The second-order valence-electron chi connectivity index (χ2n) is 3.77. The van der Waals surface area contributed by atoms with Gasteiger partial charge >= 0.3 is 0 Å². The van der Waals surface area contributed by atoms with Crippen LogP contribution in [0.3, 0.4) is 0 Å². The molecule has 0 radical (unpaired) electrons. The molecular formula is C11H10N2. The Labute approximate surface area is 77.8 Å². The van der Waals surface area contributed by atoms with Crippen molar-refractivity contribution < 1.29 is 0 Å². The molecular weight excluding hydrogens is 160 g/mol. The smallest absolute Gasteiger partial charge is 0.0944 e. The average molecular weight is 170 g/mol. The van der Waals surface area contributed by atoms with Gasteiger partial charge in [-0.2, -0.15) is 10.5 Å². The first-order valence-corrected chi connectivity index (χ1v) is 4.53. The Morgan fingerprint density at radius 2 is 1.46 bits per heavy atom. The quantitative estimate of drug-likeness (QED) is 0.560. The lowest BCUT2D eigenvalue weighted by Gasteiger charge is -2.28. The second-order valence-corrected chi connectivity index (χ2v) is 3.77. The highest BCUT2D eigenvalue weighted by molar-refractivity contribution is 5.33. The molecule has 2 bridgehead atoms. The van der Waals surface area contributed by atoms with Crippen molar-refractivity contribution in [3.63, 3.8) is 0 Å². The van der Waals surface area contributed by atoms with E-state index in [9.17, 15) is 0 Å². The van der Waals surface area contributed by atoms with Crippen molar-refractivity contribution in [3.8, 4) is 12.1 Å². The number of rotatable bonds is 0. The van der Waals surface area contributed by atoms with Crippen LogP contribution < -0.4 is 0 Å². The van der Waals surface area contributed by atoms with Crippen LogP contribution in [0.1, 0.15) is 19.3 Å². The summed E-state index contributed by atoms with van der Waals surface area (Å²) in [5.74, 6) is 0.876. The van der Waals surface area contributed by atoms with Crippen molar-refractivity contribution in [2.75, 3.05) is 0 Å². The number of nitrogens with zero attached hydrogens (tertiary/aromatic N) is 2. The van der Waals surface area contributed by atoms with Crippen LogP contribution in [0.5, 0.6) is 0 Å². The summed E-state index contributed by atoms with van der Waals surface area (Å²) in [6.45, 7) is 0. The van der Waals surface area contributed by atoms with Crippen LogP contribution in [0.25, 0.3) is 0 Å². The fourth-order valence-corrected chi connectivity index (χ4v) is 2.25. The van der Waals surface area contributed by atoms with Gasteiger partial charge in [-0.15, -0.1) is 0 Å². The Morgan fingerprint density at radius 3 is 1.85 bits per heavy atom. The third kappa shape index (κ3) is 1.48. The van der Waals surface area contributed by atoms with Crippen molar-refractivity contribution in [1.82, 2.24) is 0 Å². The Kier molecular flexibility index (Phi) is 1.91. The van der Waals surface area contributed by atoms with E-state index in [1.807, 2.05) is 12.2 Å². The summed E-state index contributed by atoms with van der Waals surface area (Å²) in [6.07, 6.45) is 6.87. The van der Waals surface area contributed by atoms with E-state index in [0.717, 1.165) is 30.4 Å². The minimum Gasteiger partial charge on any atom is -0.193 e. The van der Waals surface area contributed by atoms with Gasteiger partial charge in [-0.25, -0.2) is 0 Å². The number of allylic oxidation sites excluding steroid dienone is 4. The molecule has 2 heteroatoms. The van der Waals surface area contributed by atoms with Crippen molar-refractivity contribution in [2.45, 2.75) is 19.3 Å². The standard InChI is InChI=1S/C11H10N2/c12-6-10-2-8-1-9(4-10)5-11(3-8)7-13/h2,5,8-9H,1,3-4H2/t8-,9+/m0/s1. The third-order valence-corrected chi connectivity index (χ3v) is 2.73. The van der Waals surface area contributed by atoms with Crippen LogP contribution in [-0.2, 0) is 0 Å². The topological polar surface area (TPSA) is 47.6 Å². The van der Waals surface area contributed by atoms with Gasteiger partial charge in [0.05, 0.1) is 12.1 Å². The zero-order valence-corrected chi connectivity index (χ0v) is 7.33. The van der Waals surface area contributed by atoms with Crippen LogP contribution >= 0.6 is 0 Å². The molecule has 2 atom stereocenters. The van der Waals surface area contributed by atoms with Crippen molar-refractivity contribution in [1.29, 1.82) is 10.5 Å². The van der Waals surface area contributed by atoms with E-state index < -0.39 is 0 Å². The SMILES string of the molecule is N#CC1=C[C@H]2CC(C#N)=C[C@@H](C1)C2. The lowest BCUT2D eigenvalue weighted by Crippen LogP contribution is -2.17. The maximum atomic E-state index is 8.77. The molecule has 0 aliphatic heterocycles. The minimum atomic E-state index is 0.438. The Bertz CT molecular complexity index is 327. The van der Waals surface area contributed by atoms with Gasteiger partial charge in [-0.1, -0.05) is 12.2 Å². The summed E-state index contributed by atoms with van der Waals surface area (Å²) in [6, 6.07) is 4.43. The summed E-state index contributed by atoms with van der Waals surface area (Å²) in [5.41, 5.74) is 1.80. The predicted octanol–water partition coefficient (Wildman–Crippen LogP) is 2.32. The molecule has 0 N–H and O–H groups in total. The van der Waals surface area contributed by atoms with Crippen LogP contribution in [0.4, 0.5) is 0 Å². The van der Waals surface area contributed by atoms with Gasteiger partial charge in [-0.3, -0.25) is 0 Å². The van der Waals surface area contributed by atoms with Gasteiger partial charge in [0, 0.05) is 11.1 Å². The largest absolute Gasteiger partial charge is 0.193 e. The molecule has 0 unspecified atom stereocenters. The lowest BCUT2D eigenvalue weighted by atomic mass is 9.75. The van der Waals surface area contributed by atoms with Crippen molar-refractivity contribution in [3.05, 3.63) is 23.3 Å². The minimum absolute atomic E-state index is 0.438. The van der Waals surface area contributed by atoms with E-state index in [4.69, 9.17) is 10.5 Å². The molecule has 2 aliphatic carbocycles. The van der Waals surface area contributed by atoms with Crippen LogP contribution in [0.2, 0.25) is 0 Å². The normalized spacial score (nSPS) is 30.9. The third-order valence-electron chi connectivity index (χ3n) is 2.73. The maximum Gasteiger partial charge on any atom is 0.0944 e. The number of hydrogen-bond acceptors (Lipinski definition) is 2. The van der Waals surface area contributed by atoms with E-state index >= 15 is 0 Å². The van der Waals surface area contributed by atoms with Crippen molar-refractivity contribution >= 4 is 0 Å². The molecule has 2 rings (SSSR count). The van der Waals surface area contributed by atoms with Gasteiger partial charge in [0.1, 0.15) is 0 Å². The first-order valence-electron chi connectivity index (χ1n) is 4.53. The van der Waals surface area contributed by atoms with Gasteiger partial charge in [0.15, 0.2) is 0 Å². The fraction of sp³-hybridized carbons (Fsp3) is 0.455. The van der Waals surface area contributed by atoms with Gasteiger partial charge in [0.25, 0.3) is 0 Å². The molecule has 0 saturated heterocycles. The van der Waals surface area contributed by atoms with Crippen LogP contribution in [0.15, 0.2) is 23.3 Å². The molecule has 0 saturated carbocycles. The van der Waals surface area contributed by atoms with Gasteiger partial charge in [0.2, 0.25) is 0 Å². The highest BCUT2D eigenvalue weighted by atomic mass is 14.3. The molecule has 0 spiro atoms. The predicted molar refractivity (Wildman–Crippen MR) is 48.2 cm³/mol. The Morgan fingerprint density at radius 1 is 1.00 bits per heavy atom. The molecule has 0 amide bonds. The number of nitriles is 2. The Hall–Kier alpha value is -1.54. The fourth-order valence-electron chi connectivity index (χ4n) is 2.25. The van der Waals surface area contributed by atoms with Crippen molar-refractivity contribution in [2.24, 2.45) is 11.8 Å². The highest BCUT2D eigenvalue weighted by Crippen LogP contribution is 2.37. The first kappa shape index (κ1) is 8.08. The van der Waals surface area contributed by atoms with E-state index in [2.05, 4.69) is 12.1 Å². The van der Waals surface area contributed by atoms with Gasteiger partial charge in [-0.05, 0) is 31.1 Å². The molecule has 0 aromatic heterocycles. The van der Waals surface area contributed by atoms with Crippen LogP contribution in [0, 0.1) is 34.5 Å². The molecule has 2 aliphatic rings. The monoisotopic (exact) mass is 170 g/mol. The molecule has 0 heterocycles. The first-order chi connectivity index (χ1) is 6.31. The summed E-state index contributed by atoms with van der Waals surface area (Å²) < 4.78 is 0. The summed E-state index contributed by atoms with van der Waals surface area (Å²) in [7, 11) is 0. The van der Waals surface area contributed by atoms with E-state index in [0.29, 0.717) is 11.8 Å². The second kappa shape index (κ2) is 3.07. The van der Waals surface area contributed by atoms with E-state index in [1.165, 1.54) is 0 Å². The van der Waals surface area contributed by atoms with Crippen LogP contribution in [-0.4, -0.2) is 0 Å². The summed E-state index contributed by atoms with van der Waals surface area (Å²) >= 11 is 0. The summed E-state index contributed by atoms with van der Waals surface area (Å²) in [5, 5.41) is 17.5. The van der Waals surface area contributed by atoms with E-state index in [-0.39, 0.29) is 0 Å². The van der Waals surface area contributed by atoms with Gasteiger partial charge < -0.3 is 0 Å². The zero-order valence-electron chi connectivity index (χ0n) is 7.33. The molecule has 13 heavy (non-hydrogen) atoms. The highest BCUT2D eigenvalue weighted by Gasteiger charge is 2.26. The number of fused-ring (bicyclic) bond motifs is 2. The molecule has 0 fully saturated rings. The summed E-state index contributed by atoms with van der Waals surface area (Å²) in [4.78, 5) is 0. The molecule has 64 valence electrons. The lowest BCUT2D eigenvalue weighted by molar-refractivity contribution is 0.428. The molecule has 0 aromatic rings. The maximum absolute atomic E-state index is 8.77. The van der Waals surface area contributed by atoms with E-state index in [1.54, 1.807) is 0 Å². The molecule has 2 nitrogen and oxygen atoms in total. The number of hydrogen-bond donors (Lipinski definition) is 0. The Balaban J connectivity index is 2.25. The molecule has 0 aromatic carbocycles. The average Bonchev–Trinajstić information content (AvgIpc) is 2.16. The zero-order chi connectivity index (χ0) is 9.26.